The van der Waals surface area contributed by atoms with Gasteiger partial charge in [0.05, 0.1) is 17.3 Å². The van der Waals surface area contributed by atoms with Gasteiger partial charge in [0, 0.05) is 18.3 Å². The number of nitrogens with zero attached hydrogens (tertiary/aromatic N) is 4. The highest BCUT2D eigenvalue weighted by Crippen LogP contribution is 2.23. The van der Waals surface area contributed by atoms with Gasteiger partial charge < -0.3 is 4.90 Å². The fourth-order valence-electron chi connectivity index (χ4n) is 3.07. The summed E-state index contributed by atoms with van der Waals surface area (Å²) in [6, 6.07) is 9.48. The Morgan fingerprint density at radius 2 is 2.12 bits per heavy atom. The first-order valence-corrected chi connectivity index (χ1v) is 11.4. The first-order chi connectivity index (χ1) is 12.5. The SMILES string of the molecule is CCCN(C(=O)CSc1nncn1-c1ccccc1)[C@@H]1CCS(=O)(=O)C1. The van der Waals surface area contributed by atoms with E-state index in [4.69, 9.17) is 0 Å². The summed E-state index contributed by atoms with van der Waals surface area (Å²) in [6.45, 7) is 2.56. The number of rotatable bonds is 7. The molecule has 2 heterocycles. The summed E-state index contributed by atoms with van der Waals surface area (Å²) < 4.78 is 25.3. The Bertz CT molecular complexity index is 852. The molecule has 0 unspecified atom stereocenters. The predicted molar refractivity (Wildman–Crippen MR) is 101 cm³/mol. The number of sulfone groups is 1. The number of thioether (sulfide) groups is 1. The maximum atomic E-state index is 12.7. The Morgan fingerprint density at radius 3 is 2.77 bits per heavy atom. The second kappa shape index (κ2) is 8.22. The van der Waals surface area contributed by atoms with E-state index in [0.717, 1.165) is 12.1 Å². The first-order valence-electron chi connectivity index (χ1n) is 8.58. The van der Waals surface area contributed by atoms with Crippen molar-refractivity contribution in [2.75, 3.05) is 23.8 Å². The van der Waals surface area contributed by atoms with Gasteiger partial charge in [-0.3, -0.25) is 9.36 Å². The van der Waals surface area contributed by atoms with Gasteiger partial charge in [0.2, 0.25) is 5.91 Å². The third-order valence-corrected chi connectivity index (χ3v) is 6.99. The van der Waals surface area contributed by atoms with Crippen LogP contribution in [0.5, 0.6) is 0 Å². The number of hydrogen-bond acceptors (Lipinski definition) is 6. The van der Waals surface area contributed by atoms with E-state index in [2.05, 4.69) is 10.2 Å². The highest BCUT2D eigenvalue weighted by molar-refractivity contribution is 7.99. The Balaban J connectivity index is 1.67. The van der Waals surface area contributed by atoms with Crippen LogP contribution in [0.15, 0.2) is 41.8 Å². The van der Waals surface area contributed by atoms with Crippen LogP contribution in [0.3, 0.4) is 0 Å². The maximum Gasteiger partial charge on any atom is 0.233 e. The third kappa shape index (κ3) is 4.45. The fraction of sp³-hybridized carbons (Fsp3) is 0.471. The van der Waals surface area contributed by atoms with E-state index in [1.54, 1.807) is 11.2 Å². The summed E-state index contributed by atoms with van der Waals surface area (Å²) >= 11 is 1.32. The van der Waals surface area contributed by atoms with E-state index in [1.807, 2.05) is 41.8 Å². The van der Waals surface area contributed by atoms with Crippen molar-refractivity contribution in [3.05, 3.63) is 36.7 Å². The minimum absolute atomic E-state index is 0.0541. The van der Waals surface area contributed by atoms with Crippen LogP contribution in [0.1, 0.15) is 19.8 Å². The lowest BCUT2D eigenvalue weighted by Crippen LogP contribution is -2.42. The molecule has 9 heteroatoms. The van der Waals surface area contributed by atoms with Crippen LogP contribution in [0.4, 0.5) is 0 Å². The zero-order valence-electron chi connectivity index (χ0n) is 14.6. The highest BCUT2D eigenvalue weighted by atomic mass is 32.2. The summed E-state index contributed by atoms with van der Waals surface area (Å²) in [5.74, 6) is 0.397. The smallest absolute Gasteiger partial charge is 0.233 e. The van der Waals surface area contributed by atoms with Crippen LogP contribution in [0.25, 0.3) is 5.69 Å². The third-order valence-electron chi connectivity index (χ3n) is 4.31. The molecule has 7 nitrogen and oxygen atoms in total. The first kappa shape index (κ1) is 18.9. The molecular formula is C17H22N4O3S2. The van der Waals surface area contributed by atoms with Crippen LogP contribution in [-0.4, -0.2) is 63.8 Å². The van der Waals surface area contributed by atoms with Crippen molar-refractivity contribution in [1.29, 1.82) is 0 Å². The molecule has 1 amide bonds. The second-order valence-corrected chi connectivity index (χ2v) is 9.42. The van der Waals surface area contributed by atoms with Crippen molar-refractivity contribution in [2.24, 2.45) is 0 Å². The Hall–Kier alpha value is -1.87. The average Bonchev–Trinajstić information content (AvgIpc) is 3.24. The summed E-state index contributed by atoms with van der Waals surface area (Å²) in [4.78, 5) is 14.5. The molecule has 0 bridgehead atoms. The molecule has 0 N–H and O–H groups in total. The summed E-state index contributed by atoms with van der Waals surface area (Å²) in [5, 5.41) is 8.68. The predicted octanol–water partition coefficient (Wildman–Crippen LogP) is 1.79. The second-order valence-electron chi connectivity index (χ2n) is 6.25. The molecule has 1 saturated heterocycles. The van der Waals surface area contributed by atoms with Gasteiger partial charge in [-0.15, -0.1) is 10.2 Å². The number of carbonyl (C=O) groups is 1. The van der Waals surface area contributed by atoms with E-state index < -0.39 is 9.84 Å². The molecular weight excluding hydrogens is 372 g/mol. The maximum absolute atomic E-state index is 12.7. The normalized spacial score (nSPS) is 18.7. The summed E-state index contributed by atoms with van der Waals surface area (Å²) in [6.07, 6.45) is 2.95. The number of aromatic nitrogens is 3. The molecule has 1 atom stereocenters. The van der Waals surface area contributed by atoms with Crippen LogP contribution >= 0.6 is 11.8 Å². The van der Waals surface area contributed by atoms with Gasteiger partial charge in [-0.05, 0) is 25.0 Å². The van der Waals surface area contributed by atoms with E-state index in [-0.39, 0.29) is 29.2 Å². The molecule has 0 spiro atoms. The largest absolute Gasteiger partial charge is 0.338 e. The van der Waals surface area contributed by atoms with Crippen LogP contribution < -0.4 is 0 Å². The summed E-state index contributed by atoms with van der Waals surface area (Å²) in [5.41, 5.74) is 0.930. The Kier molecular flexibility index (Phi) is 5.98. The quantitative estimate of drug-likeness (QED) is 0.666. The summed E-state index contributed by atoms with van der Waals surface area (Å²) in [7, 11) is -3.02. The molecule has 0 aliphatic carbocycles. The molecule has 1 aromatic carbocycles. The monoisotopic (exact) mass is 394 g/mol. The van der Waals surface area contributed by atoms with Gasteiger partial charge in [-0.2, -0.15) is 0 Å². The minimum atomic E-state index is -3.02. The van der Waals surface area contributed by atoms with Crippen molar-refractivity contribution in [3.63, 3.8) is 0 Å². The van der Waals surface area contributed by atoms with Crippen molar-refractivity contribution in [3.8, 4) is 5.69 Å². The molecule has 140 valence electrons. The Morgan fingerprint density at radius 1 is 1.35 bits per heavy atom. The topological polar surface area (TPSA) is 85.2 Å². The number of carbonyl (C=O) groups excluding carboxylic acids is 1. The van der Waals surface area contributed by atoms with Crippen LogP contribution in [0.2, 0.25) is 0 Å². The molecule has 26 heavy (non-hydrogen) atoms. The average molecular weight is 395 g/mol. The molecule has 2 aromatic rings. The van der Waals surface area contributed by atoms with Crippen molar-refractivity contribution in [2.45, 2.75) is 31.0 Å². The zero-order valence-corrected chi connectivity index (χ0v) is 16.2. The molecule has 0 radical (unpaired) electrons. The van der Waals surface area contributed by atoms with E-state index in [9.17, 15) is 13.2 Å². The number of amides is 1. The van der Waals surface area contributed by atoms with Crippen molar-refractivity contribution >= 4 is 27.5 Å². The molecule has 1 aromatic heterocycles. The molecule has 1 aliphatic rings. The van der Waals surface area contributed by atoms with Gasteiger partial charge >= 0.3 is 0 Å². The number of hydrogen-bond donors (Lipinski definition) is 0. The van der Waals surface area contributed by atoms with Gasteiger partial charge in [0.1, 0.15) is 6.33 Å². The van der Waals surface area contributed by atoms with Gasteiger partial charge in [0.25, 0.3) is 0 Å². The Labute approximate surface area is 157 Å². The van der Waals surface area contributed by atoms with Crippen molar-refractivity contribution < 1.29 is 13.2 Å². The number of para-hydroxylation sites is 1. The molecule has 1 aliphatic heterocycles. The zero-order chi connectivity index (χ0) is 18.6. The number of benzene rings is 1. The lowest BCUT2D eigenvalue weighted by molar-refractivity contribution is -0.130. The van der Waals surface area contributed by atoms with Gasteiger partial charge in [0.15, 0.2) is 15.0 Å². The minimum Gasteiger partial charge on any atom is -0.338 e. The lowest BCUT2D eigenvalue weighted by atomic mass is 10.2. The lowest BCUT2D eigenvalue weighted by Gasteiger charge is -2.27. The van der Waals surface area contributed by atoms with E-state index in [0.29, 0.717) is 18.1 Å². The van der Waals surface area contributed by atoms with Crippen LogP contribution in [-0.2, 0) is 14.6 Å². The molecule has 3 rings (SSSR count). The fourth-order valence-corrected chi connectivity index (χ4v) is 5.62. The molecule has 1 fully saturated rings. The standard InChI is InChI=1S/C17H22N4O3S2/c1-2-9-20(15-8-10-26(23,24)12-15)16(22)11-25-17-19-18-13-21(17)14-6-4-3-5-7-14/h3-7,13,15H,2,8-12H2,1H3/t15-/m1/s1. The van der Waals surface area contributed by atoms with Crippen LogP contribution in [0, 0.1) is 0 Å². The van der Waals surface area contributed by atoms with E-state index in [1.165, 1.54) is 11.8 Å². The highest BCUT2D eigenvalue weighted by Gasteiger charge is 2.34. The molecule has 0 saturated carbocycles. The van der Waals surface area contributed by atoms with Gasteiger partial charge in [-0.1, -0.05) is 36.9 Å². The van der Waals surface area contributed by atoms with E-state index >= 15 is 0 Å². The van der Waals surface area contributed by atoms with Crippen molar-refractivity contribution in [1.82, 2.24) is 19.7 Å². The van der Waals surface area contributed by atoms with Gasteiger partial charge in [-0.25, -0.2) is 8.42 Å².